The van der Waals surface area contributed by atoms with Crippen molar-refractivity contribution in [1.82, 2.24) is 4.98 Å². The summed E-state index contributed by atoms with van der Waals surface area (Å²) >= 11 is 4.99. The largest absolute Gasteiger partial charge is 0.361 e. The van der Waals surface area contributed by atoms with Gasteiger partial charge in [-0.05, 0) is 21.3 Å². The van der Waals surface area contributed by atoms with Crippen molar-refractivity contribution in [2.75, 3.05) is 11.9 Å². The van der Waals surface area contributed by atoms with Crippen molar-refractivity contribution in [2.45, 2.75) is 20.8 Å². The quantitative estimate of drug-likeness (QED) is 0.869. The van der Waals surface area contributed by atoms with Crippen LogP contribution in [0.2, 0.25) is 0 Å². The molecule has 0 amide bonds. The van der Waals surface area contributed by atoms with E-state index in [1.165, 1.54) is 0 Å². The summed E-state index contributed by atoms with van der Waals surface area (Å²) in [6.45, 7) is 7.54. The molecule has 0 fully saturated rings. The molecule has 0 spiro atoms. The third kappa shape index (κ3) is 3.54. The zero-order chi connectivity index (χ0) is 9.19. The van der Waals surface area contributed by atoms with E-state index < -0.39 is 0 Å². The molecule has 1 aromatic heterocycles. The maximum absolute atomic E-state index is 4.18. The van der Waals surface area contributed by atoms with Crippen molar-refractivity contribution < 1.29 is 0 Å². The number of hydrogen-bond acceptors (Lipinski definition) is 3. The Kier molecular flexibility index (Phi) is 3.12. The number of hydrogen-bond donors (Lipinski definition) is 1. The highest BCUT2D eigenvalue weighted by Crippen LogP contribution is 2.24. The van der Waals surface area contributed by atoms with Crippen LogP contribution in [0, 0.1) is 5.41 Å². The van der Waals surface area contributed by atoms with Crippen LogP contribution in [0.25, 0.3) is 0 Å². The fourth-order valence-electron chi connectivity index (χ4n) is 0.677. The number of anilines is 1. The SMILES string of the molecule is CC(C)(C)CNc1ncc(Br)s1. The highest BCUT2D eigenvalue weighted by molar-refractivity contribution is 9.11. The first-order valence-electron chi connectivity index (χ1n) is 3.82. The summed E-state index contributed by atoms with van der Waals surface area (Å²) < 4.78 is 1.07. The number of thiazole rings is 1. The second-order valence-corrected chi connectivity index (χ2v) is 6.29. The van der Waals surface area contributed by atoms with Gasteiger partial charge in [-0.15, -0.1) is 0 Å². The van der Waals surface area contributed by atoms with Gasteiger partial charge >= 0.3 is 0 Å². The normalized spacial score (nSPS) is 11.7. The van der Waals surface area contributed by atoms with Crippen molar-refractivity contribution in [3.8, 4) is 0 Å². The minimum absolute atomic E-state index is 0.304. The molecular formula is C8H13BrN2S. The molecule has 0 aromatic carbocycles. The average Bonchev–Trinajstić information content (AvgIpc) is 2.30. The lowest BCUT2D eigenvalue weighted by Gasteiger charge is -2.17. The van der Waals surface area contributed by atoms with Crippen molar-refractivity contribution >= 4 is 32.4 Å². The Balaban J connectivity index is 2.44. The molecule has 4 heteroatoms. The minimum atomic E-state index is 0.304. The third-order valence-electron chi connectivity index (χ3n) is 1.25. The first-order valence-corrected chi connectivity index (χ1v) is 5.43. The molecule has 0 atom stereocenters. The Hall–Kier alpha value is -0.0900. The van der Waals surface area contributed by atoms with E-state index in [0.717, 1.165) is 15.5 Å². The molecule has 0 aliphatic carbocycles. The van der Waals surface area contributed by atoms with E-state index in [1.54, 1.807) is 11.3 Å². The Morgan fingerprint density at radius 3 is 2.67 bits per heavy atom. The smallest absolute Gasteiger partial charge is 0.183 e. The second kappa shape index (κ2) is 3.75. The summed E-state index contributed by atoms with van der Waals surface area (Å²) in [7, 11) is 0. The highest BCUT2D eigenvalue weighted by atomic mass is 79.9. The molecule has 68 valence electrons. The van der Waals surface area contributed by atoms with E-state index in [4.69, 9.17) is 0 Å². The second-order valence-electron chi connectivity index (χ2n) is 3.88. The van der Waals surface area contributed by atoms with Crippen LogP contribution >= 0.6 is 27.3 Å². The van der Waals surface area contributed by atoms with Crippen LogP contribution in [0.4, 0.5) is 5.13 Å². The van der Waals surface area contributed by atoms with E-state index in [2.05, 4.69) is 47.0 Å². The molecule has 0 saturated carbocycles. The zero-order valence-electron chi connectivity index (χ0n) is 7.52. The predicted molar refractivity (Wildman–Crippen MR) is 57.8 cm³/mol. The van der Waals surface area contributed by atoms with Crippen molar-refractivity contribution in [2.24, 2.45) is 5.41 Å². The van der Waals surface area contributed by atoms with Crippen LogP contribution in [0.3, 0.4) is 0 Å². The molecule has 0 aliphatic heterocycles. The number of halogens is 1. The summed E-state index contributed by atoms with van der Waals surface area (Å²) in [5.74, 6) is 0. The number of nitrogens with one attached hydrogen (secondary N) is 1. The first-order chi connectivity index (χ1) is 5.47. The van der Waals surface area contributed by atoms with Gasteiger partial charge < -0.3 is 5.32 Å². The molecule has 0 radical (unpaired) electrons. The Morgan fingerprint density at radius 1 is 1.58 bits per heavy atom. The topological polar surface area (TPSA) is 24.9 Å². The molecule has 0 saturated heterocycles. The summed E-state index contributed by atoms with van der Waals surface area (Å²) in [5, 5.41) is 4.27. The van der Waals surface area contributed by atoms with Crippen molar-refractivity contribution in [1.29, 1.82) is 0 Å². The lowest BCUT2D eigenvalue weighted by atomic mass is 9.97. The van der Waals surface area contributed by atoms with E-state index in [-0.39, 0.29) is 0 Å². The molecule has 1 aromatic rings. The van der Waals surface area contributed by atoms with E-state index in [0.29, 0.717) is 5.41 Å². The fourth-order valence-corrected chi connectivity index (χ4v) is 1.78. The maximum atomic E-state index is 4.18. The number of nitrogens with zero attached hydrogens (tertiary/aromatic N) is 1. The van der Waals surface area contributed by atoms with Gasteiger partial charge in [0.1, 0.15) is 0 Å². The number of aromatic nitrogens is 1. The molecule has 1 heterocycles. The maximum Gasteiger partial charge on any atom is 0.183 e. The zero-order valence-corrected chi connectivity index (χ0v) is 9.92. The summed E-state index contributed by atoms with van der Waals surface area (Å²) in [4.78, 5) is 4.18. The monoisotopic (exact) mass is 248 g/mol. The first kappa shape index (κ1) is 9.99. The van der Waals surface area contributed by atoms with Crippen molar-refractivity contribution in [3.05, 3.63) is 9.98 Å². The summed E-state index contributed by atoms with van der Waals surface area (Å²) in [5.41, 5.74) is 0.304. The van der Waals surface area contributed by atoms with Gasteiger partial charge in [0.25, 0.3) is 0 Å². The highest BCUT2D eigenvalue weighted by Gasteiger charge is 2.10. The predicted octanol–water partition coefficient (Wildman–Crippen LogP) is 3.36. The molecule has 0 unspecified atom stereocenters. The molecule has 12 heavy (non-hydrogen) atoms. The molecule has 0 aliphatic rings. The molecule has 1 rings (SSSR count). The van der Waals surface area contributed by atoms with Crippen LogP contribution in [-0.4, -0.2) is 11.5 Å². The molecule has 0 bridgehead atoms. The van der Waals surface area contributed by atoms with Gasteiger partial charge in [0.15, 0.2) is 5.13 Å². The summed E-state index contributed by atoms with van der Waals surface area (Å²) in [6.07, 6.45) is 1.82. The Bertz CT molecular complexity index is 252. The van der Waals surface area contributed by atoms with Crippen LogP contribution in [0.15, 0.2) is 9.98 Å². The minimum Gasteiger partial charge on any atom is -0.361 e. The lowest BCUT2D eigenvalue weighted by Crippen LogP contribution is -2.18. The molecule has 1 N–H and O–H groups in total. The standard InChI is InChI=1S/C8H13BrN2S/c1-8(2,3)5-11-7-10-4-6(9)12-7/h4H,5H2,1-3H3,(H,10,11). The van der Waals surface area contributed by atoms with Crippen LogP contribution in [0.1, 0.15) is 20.8 Å². The van der Waals surface area contributed by atoms with Crippen LogP contribution in [-0.2, 0) is 0 Å². The van der Waals surface area contributed by atoms with Crippen LogP contribution < -0.4 is 5.32 Å². The fraction of sp³-hybridized carbons (Fsp3) is 0.625. The van der Waals surface area contributed by atoms with Gasteiger partial charge in [0.05, 0.1) is 9.98 Å². The van der Waals surface area contributed by atoms with Gasteiger partial charge in [-0.1, -0.05) is 32.1 Å². The molecular weight excluding hydrogens is 236 g/mol. The van der Waals surface area contributed by atoms with Gasteiger partial charge in [0.2, 0.25) is 0 Å². The summed E-state index contributed by atoms with van der Waals surface area (Å²) in [6, 6.07) is 0. The van der Waals surface area contributed by atoms with E-state index in [1.807, 2.05) is 6.20 Å². The van der Waals surface area contributed by atoms with Crippen LogP contribution in [0.5, 0.6) is 0 Å². The average molecular weight is 249 g/mol. The van der Waals surface area contributed by atoms with Crippen molar-refractivity contribution in [3.63, 3.8) is 0 Å². The lowest BCUT2D eigenvalue weighted by molar-refractivity contribution is 0.443. The third-order valence-corrected chi connectivity index (χ3v) is 2.68. The Labute approximate surface area is 85.5 Å². The van der Waals surface area contributed by atoms with Gasteiger partial charge in [0, 0.05) is 6.54 Å². The van der Waals surface area contributed by atoms with E-state index in [9.17, 15) is 0 Å². The Morgan fingerprint density at radius 2 is 2.25 bits per heavy atom. The van der Waals surface area contributed by atoms with Gasteiger partial charge in [-0.25, -0.2) is 4.98 Å². The molecule has 2 nitrogen and oxygen atoms in total. The number of rotatable bonds is 2. The van der Waals surface area contributed by atoms with Gasteiger partial charge in [-0.3, -0.25) is 0 Å². The van der Waals surface area contributed by atoms with Gasteiger partial charge in [-0.2, -0.15) is 0 Å². The van der Waals surface area contributed by atoms with E-state index >= 15 is 0 Å².